The Kier molecular flexibility index (Phi) is 4.66. The molecule has 0 aromatic carbocycles. The van der Waals surface area contributed by atoms with Crippen LogP contribution in [-0.2, 0) is 6.42 Å². The van der Waals surface area contributed by atoms with E-state index in [-0.39, 0.29) is 0 Å². The molecule has 0 radical (unpaired) electrons. The van der Waals surface area contributed by atoms with E-state index in [4.69, 9.17) is 11.6 Å². The molecule has 0 saturated heterocycles. The molecule has 94 valence electrons. The van der Waals surface area contributed by atoms with Gasteiger partial charge in [0.2, 0.25) is 0 Å². The minimum absolute atomic E-state index is 0.649. The van der Waals surface area contributed by atoms with E-state index in [1.807, 2.05) is 0 Å². The molecule has 1 aromatic heterocycles. The maximum absolute atomic E-state index is 5.67. The normalized spacial score (nSPS) is 17.9. The lowest BCUT2D eigenvalue weighted by Gasteiger charge is -2.08. The van der Waals surface area contributed by atoms with Gasteiger partial charge < -0.3 is 0 Å². The van der Waals surface area contributed by atoms with E-state index < -0.39 is 0 Å². The first-order chi connectivity index (χ1) is 8.29. The van der Waals surface area contributed by atoms with Crippen LogP contribution in [-0.4, -0.2) is 15.7 Å². The van der Waals surface area contributed by atoms with Gasteiger partial charge in [0.1, 0.15) is 0 Å². The Labute approximate surface area is 109 Å². The number of nitrogens with zero attached hydrogens (tertiary/aromatic N) is 2. The molecule has 2 rings (SSSR count). The molecule has 1 heterocycles. The molecule has 0 bridgehead atoms. The number of aromatic nitrogens is 2. The van der Waals surface area contributed by atoms with Gasteiger partial charge in [0, 0.05) is 18.5 Å². The first kappa shape index (κ1) is 12.7. The fraction of sp³-hybridized carbons (Fsp3) is 0.643. The average molecular weight is 253 g/mol. The summed E-state index contributed by atoms with van der Waals surface area (Å²) in [5, 5.41) is 4.68. The molecule has 0 spiro atoms. The van der Waals surface area contributed by atoms with Crippen molar-refractivity contribution in [1.29, 1.82) is 0 Å². The molecule has 3 heteroatoms. The third kappa shape index (κ3) is 3.60. The Morgan fingerprint density at radius 2 is 2.29 bits per heavy atom. The van der Waals surface area contributed by atoms with Gasteiger partial charge in [0.25, 0.3) is 0 Å². The van der Waals surface area contributed by atoms with E-state index in [9.17, 15) is 0 Å². The minimum Gasteiger partial charge on any atom is -0.269 e. The van der Waals surface area contributed by atoms with E-state index in [1.165, 1.54) is 37.0 Å². The number of halogens is 1. The quantitative estimate of drug-likeness (QED) is 0.570. The molecule has 1 aliphatic rings. The van der Waals surface area contributed by atoms with Gasteiger partial charge >= 0.3 is 0 Å². The van der Waals surface area contributed by atoms with Crippen molar-refractivity contribution in [2.45, 2.75) is 51.5 Å². The Balaban J connectivity index is 1.93. The van der Waals surface area contributed by atoms with Gasteiger partial charge in [-0.25, -0.2) is 0 Å². The molecule has 1 saturated carbocycles. The van der Waals surface area contributed by atoms with Crippen LogP contribution in [0.3, 0.4) is 0 Å². The summed E-state index contributed by atoms with van der Waals surface area (Å²) >= 11 is 5.67. The number of allylic oxidation sites excluding steroid dienone is 2. The topological polar surface area (TPSA) is 17.8 Å². The van der Waals surface area contributed by atoms with Crippen LogP contribution >= 0.6 is 11.6 Å². The van der Waals surface area contributed by atoms with E-state index in [2.05, 4.69) is 35.0 Å². The summed E-state index contributed by atoms with van der Waals surface area (Å²) in [6, 6.07) is 2.80. The van der Waals surface area contributed by atoms with Gasteiger partial charge in [0.15, 0.2) is 0 Å². The summed E-state index contributed by atoms with van der Waals surface area (Å²) in [5.41, 5.74) is 2.54. The second kappa shape index (κ2) is 6.25. The molecule has 0 aliphatic heterocycles. The maximum atomic E-state index is 5.67. The highest BCUT2D eigenvalue weighted by Gasteiger charge is 2.17. The van der Waals surface area contributed by atoms with Crippen LogP contribution in [0, 0.1) is 0 Å². The average Bonchev–Trinajstić information content (AvgIpc) is 2.95. The van der Waals surface area contributed by atoms with Crippen molar-refractivity contribution in [1.82, 2.24) is 9.78 Å². The van der Waals surface area contributed by atoms with Gasteiger partial charge in [0.05, 0.1) is 11.7 Å². The van der Waals surface area contributed by atoms with Crippen LogP contribution in [0.5, 0.6) is 0 Å². The van der Waals surface area contributed by atoms with Crippen LogP contribution in [0.2, 0.25) is 0 Å². The molecular weight excluding hydrogens is 232 g/mol. The number of alkyl halides is 1. The molecule has 17 heavy (non-hydrogen) atoms. The van der Waals surface area contributed by atoms with Crippen LogP contribution in [0.4, 0.5) is 0 Å². The maximum Gasteiger partial charge on any atom is 0.0664 e. The summed E-state index contributed by atoms with van der Waals surface area (Å²) in [6.45, 7) is 2.15. The van der Waals surface area contributed by atoms with Crippen molar-refractivity contribution < 1.29 is 0 Å². The molecule has 1 fully saturated rings. The van der Waals surface area contributed by atoms with E-state index in [1.54, 1.807) is 0 Å². The zero-order valence-corrected chi connectivity index (χ0v) is 11.3. The first-order valence-electron chi connectivity index (χ1n) is 6.55. The second-order valence-electron chi connectivity index (χ2n) is 4.93. The van der Waals surface area contributed by atoms with Crippen LogP contribution < -0.4 is 0 Å². The lowest BCUT2D eigenvalue weighted by molar-refractivity contribution is 0.463. The number of rotatable bonds is 5. The summed E-state index contributed by atoms with van der Waals surface area (Å²) in [4.78, 5) is 0. The van der Waals surface area contributed by atoms with E-state index in [0.717, 1.165) is 12.8 Å². The molecule has 1 aromatic rings. The Morgan fingerprint density at radius 1 is 1.53 bits per heavy atom. The van der Waals surface area contributed by atoms with Crippen LogP contribution in [0.15, 0.2) is 23.9 Å². The van der Waals surface area contributed by atoms with E-state index >= 15 is 0 Å². The van der Waals surface area contributed by atoms with Gasteiger partial charge in [-0.2, -0.15) is 5.10 Å². The molecular formula is C14H21ClN2. The van der Waals surface area contributed by atoms with Crippen molar-refractivity contribution in [2.75, 3.05) is 5.88 Å². The van der Waals surface area contributed by atoms with E-state index in [0.29, 0.717) is 11.9 Å². The summed E-state index contributed by atoms with van der Waals surface area (Å²) < 4.78 is 2.16. The van der Waals surface area contributed by atoms with Gasteiger partial charge in [-0.15, -0.1) is 11.6 Å². The molecule has 2 nitrogen and oxygen atoms in total. The first-order valence-corrected chi connectivity index (χ1v) is 7.08. The van der Waals surface area contributed by atoms with Crippen molar-refractivity contribution in [3.05, 3.63) is 29.6 Å². The Hall–Kier alpha value is -0.760. The highest BCUT2D eigenvalue weighted by Crippen LogP contribution is 2.28. The lowest BCUT2D eigenvalue weighted by Crippen LogP contribution is -2.05. The molecule has 0 atom stereocenters. The SMILES string of the molecule is CC(=CCCCl)Cc1ccn(C2CCCC2)n1. The monoisotopic (exact) mass is 252 g/mol. The smallest absolute Gasteiger partial charge is 0.0664 e. The predicted molar refractivity (Wildman–Crippen MR) is 72.5 cm³/mol. The fourth-order valence-electron chi connectivity index (χ4n) is 2.50. The number of hydrogen-bond donors (Lipinski definition) is 0. The van der Waals surface area contributed by atoms with Crippen LogP contribution in [0.1, 0.15) is 50.8 Å². The van der Waals surface area contributed by atoms with Gasteiger partial charge in [-0.05, 0) is 32.3 Å². The Morgan fingerprint density at radius 3 is 3.00 bits per heavy atom. The molecule has 0 N–H and O–H groups in total. The number of hydrogen-bond acceptors (Lipinski definition) is 1. The second-order valence-corrected chi connectivity index (χ2v) is 5.31. The van der Waals surface area contributed by atoms with Crippen molar-refractivity contribution >= 4 is 11.6 Å². The zero-order valence-electron chi connectivity index (χ0n) is 10.5. The standard InChI is InChI=1S/C14H21ClN2/c1-12(5-4-9-15)11-13-8-10-17(16-13)14-6-2-3-7-14/h5,8,10,14H,2-4,6-7,9,11H2,1H3. The fourth-order valence-corrected chi connectivity index (χ4v) is 2.61. The molecule has 0 amide bonds. The molecule has 1 aliphatic carbocycles. The van der Waals surface area contributed by atoms with Crippen molar-refractivity contribution in [3.63, 3.8) is 0 Å². The Bertz CT molecular complexity index is 375. The summed E-state index contributed by atoms with van der Waals surface area (Å²) in [5.74, 6) is 0.702. The highest BCUT2D eigenvalue weighted by molar-refractivity contribution is 6.17. The predicted octanol–water partition coefficient (Wildman–Crippen LogP) is 4.12. The van der Waals surface area contributed by atoms with Gasteiger partial charge in [-0.3, -0.25) is 4.68 Å². The van der Waals surface area contributed by atoms with Crippen LogP contribution in [0.25, 0.3) is 0 Å². The summed E-state index contributed by atoms with van der Waals surface area (Å²) in [6.07, 6.45) is 11.6. The minimum atomic E-state index is 0.649. The zero-order chi connectivity index (χ0) is 12.1. The summed E-state index contributed by atoms with van der Waals surface area (Å²) in [7, 11) is 0. The third-order valence-electron chi connectivity index (χ3n) is 3.42. The van der Waals surface area contributed by atoms with Crippen molar-refractivity contribution in [3.8, 4) is 0 Å². The highest BCUT2D eigenvalue weighted by atomic mass is 35.5. The lowest BCUT2D eigenvalue weighted by atomic mass is 10.1. The largest absolute Gasteiger partial charge is 0.269 e. The third-order valence-corrected chi connectivity index (χ3v) is 3.64. The van der Waals surface area contributed by atoms with Crippen molar-refractivity contribution in [2.24, 2.45) is 0 Å². The van der Waals surface area contributed by atoms with Gasteiger partial charge in [-0.1, -0.05) is 24.5 Å². The molecule has 0 unspecified atom stereocenters.